The van der Waals surface area contributed by atoms with Gasteiger partial charge in [0.2, 0.25) is 5.13 Å². The van der Waals surface area contributed by atoms with Crippen molar-refractivity contribution >= 4 is 33.7 Å². The molecule has 0 radical (unpaired) electrons. The van der Waals surface area contributed by atoms with Crippen molar-refractivity contribution in [3.8, 4) is 0 Å². The molecule has 0 aliphatic rings. The highest BCUT2D eigenvalue weighted by atomic mass is 32.1. The molecule has 5 heteroatoms. The molecule has 0 saturated carbocycles. The molecule has 1 N–H and O–H groups in total. The zero-order valence-corrected chi connectivity index (χ0v) is 9.73. The average Bonchev–Trinajstić information content (AvgIpc) is 2.65. The van der Waals surface area contributed by atoms with Crippen LogP contribution < -0.4 is 5.32 Å². The van der Waals surface area contributed by atoms with Gasteiger partial charge in [0, 0.05) is 5.56 Å². The number of benzene rings is 1. The molecule has 0 amide bonds. The summed E-state index contributed by atoms with van der Waals surface area (Å²) in [4.78, 5) is 0.673. The van der Waals surface area contributed by atoms with Crippen molar-refractivity contribution in [2.45, 2.75) is 6.92 Å². The lowest BCUT2D eigenvalue weighted by Gasteiger charge is -2.02. The lowest BCUT2D eigenvalue weighted by Crippen LogP contribution is -2.09. The van der Waals surface area contributed by atoms with Gasteiger partial charge in [-0.05, 0) is 6.92 Å². The number of aryl methyl sites for hydroxylation is 1. The molecule has 1 aromatic carbocycles. The fraction of sp³-hybridized carbons (Fsp3) is 0.100. The first-order valence-electron chi connectivity index (χ1n) is 4.42. The fourth-order valence-electron chi connectivity index (χ4n) is 1.11. The Bertz CT molecular complexity index is 465. The molecule has 3 nitrogen and oxygen atoms in total. The third kappa shape index (κ3) is 2.57. The Morgan fingerprint density at radius 1 is 1.27 bits per heavy atom. The van der Waals surface area contributed by atoms with Gasteiger partial charge in [-0.25, -0.2) is 0 Å². The summed E-state index contributed by atoms with van der Waals surface area (Å²) in [6.07, 6.45) is 0. The van der Waals surface area contributed by atoms with Crippen molar-refractivity contribution in [3.63, 3.8) is 0 Å². The first kappa shape index (κ1) is 10.2. The number of anilines is 1. The minimum Gasteiger partial charge on any atom is -0.321 e. The van der Waals surface area contributed by atoms with E-state index in [4.69, 9.17) is 12.2 Å². The predicted molar refractivity (Wildman–Crippen MR) is 66.4 cm³/mol. The highest BCUT2D eigenvalue weighted by Crippen LogP contribution is 2.15. The molecule has 76 valence electrons. The quantitative estimate of drug-likeness (QED) is 0.812. The molecule has 1 heterocycles. The van der Waals surface area contributed by atoms with Gasteiger partial charge in [-0.3, -0.25) is 0 Å². The van der Waals surface area contributed by atoms with E-state index in [1.807, 2.05) is 37.3 Å². The number of hydrogen-bond donors (Lipinski definition) is 1. The Hall–Kier alpha value is -1.33. The van der Waals surface area contributed by atoms with Gasteiger partial charge in [0.1, 0.15) is 10.00 Å². The molecule has 0 bridgehead atoms. The van der Waals surface area contributed by atoms with Gasteiger partial charge in [-0.15, -0.1) is 10.2 Å². The summed E-state index contributed by atoms with van der Waals surface area (Å²) in [5, 5.41) is 12.6. The van der Waals surface area contributed by atoms with Crippen LogP contribution in [0.4, 0.5) is 5.13 Å². The molecular formula is C10H9N3S2. The van der Waals surface area contributed by atoms with E-state index < -0.39 is 0 Å². The molecule has 0 spiro atoms. The third-order valence-corrected chi connectivity index (χ3v) is 2.87. The Labute approximate surface area is 97.2 Å². The van der Waals surface area contributed by atoms with Crippen molar-refractivity contribution in [2.75, 3.05) is 5.32 Å². The highest BCUT2D eigenvalue weighted by molar-refractivity contribution is 7.81. The first-order valence-corrected chi connectivity index (χ1v) is 5.65. The maximum atomic E-state index is 5.24. The van der Waals surface area contributed by atoms with Crippen LogP contribution in [0.2, 0.25) is 0 Å². The van der Waals surface area contributed by atoms with Gasteiger partial charge in [-0.1, -0.05) is 53.9 Å². The summed E-state index contributed by atoms with van der Waals surface area (Å²) in [5.74, 6) is 0. The minimum absolute atomic E-state index is 0.673. The first-order chi connectivity index (χ1) is 7.25. The second-order valence-electron chi connectivity index (χ2n) is 2.95. The Morgan fingerprint density at radius 2 is 2.00 bits per heavy atom. The van der Waals surface area contributed by atoms with Gasteiger partial charge >= 0.3 is 0 Å². The molecule has 0 aliphatic carbocycles. The molecule has 0 atom stereocenters. The number of nitrogens with one attached hydrogen (secondary N) is 1. The fourth-order valence-corrected chi connectivity index (χ4v) is 2.00. The Kier molecular flexibility index (Phi) is 3.03. The lowest BCUT2D eigenvalue weighted by molar-refractivity contribution is 1.05. The van der Waals surface area contributed by atoms with Crippen molar-refractivity contribution in [2.24, 2.45) is 0 Å². The van der Waals surface area contributed by atoms with Crippen LogP contribution in [0, 0.1) is 6.92 Å². The van der Waals surface area contributed by atoms with Crippen LogP contribution in [-0.4, -0.2) is 15.2 Å². The Balaban J connectivity index is 2.11. The lowest BCUT2D eigenvalue weighted by atomic mass is 10.2. The van der Waals surface area contributed by atoms with Crippen molar-refractivity contribution < 1.29 is 0 Å². The number of hydrogen-bond acceptors (Lipinski definition) is 4. The number of nitrogens with zero attached hydrogens (tertiary/aromatic N) is 2. The van der Waals surface area contributed by atoms with E-state index in [9.17, 15) is 0 Å². The van der Waals surface area contributed by atoms with Gasteiger partial charge in [0.25, 0.3) is 0 Å². The van der Waals surface area contributed by atoms with Gasteiger partial charge < -0.3 is 5.32 Å². The standard InChI is InChI=1S/C10H9N3S2/c1-7-12-13-10(15-7)11-9(14)8-5-3-2-4-6-8/h2-6H,1H3,(H,11,13,14). The minimum atomic E-state index is 0.673. The molecule has 0 saturated heterocycles. The van der Waals surface area contributed by atoms with Crippen molar-refractivity contribution in [3.05, 3.63) is 40.9 Å². The van der Waals surface area contributed by atoms with E-state index in [2.05, 4.69) is 15.5 Å². The predicted octanol–water partition coefficient (Wildman–Crippen LogP) is 2.63. The Morgan fingerprint density at radius 3 is 2.60 bits per heavy atom. The van der Waals surface area contributed by atoms with Crippen LogP contribution in [0.3, 0.4) is 0 Å². The SMILES string of the molecule is Cc1nnc(NC(=S)c2ccccc2)s1. The van der Waals surface area contributed by atoms with E-state index in [1.165, 1.54) is 11.3 Å². The summed E-state index contributed by atoms with van der Waals surface area (Å²) in [6.45, 7) is 1.91. The van der Waals surface area contributed by atoms with E-state index >= 15 is 0 Å². The monoisotopic (exact) mass is 235 g/mol. The largest absolute Gasteiger partial charge is 0.321 e. The number of thiocarbonyl (C=S) groups is 1. The molecule has 0 unspecified atom stereocenters. The van der Waals surface area contributed by atoms with Crippen LogP contribution in [0.15, 0.2) is 30.3 Å². The topological polar surface area (TPSA) is 37.8 Å². The highest BCUT2D eigenvalue weighted by Gasteiger charge is 2.04. The number of aromatic nitrogens is 2. The molecule has 2 rings (SSSR count). The van der Waals surface area contributed by atoms with Crippen molar-refractivity contribution in [1.29, 1.82) is 0 Å². The van der Waals surface area contributed by atoms with Gasteiger partial charge in [0.05, 0.1) is 0 Å². The maximum absolute atomic E-state index is 5.24. The van der Waals surface area contributed by atoms with Crippen LogP contribution in [0.1, 0.15) is 10.6 Å². The third-order valence-electron chi connectivity index (χ3n) is 1.78. The zero-order valence-electron chi connectivity index (χ0n) is 8.10. The van der Waals surface area contributed by atoms with Crippen LogP contribution in [-0.2, 0) is 0 Å². The van der Waals surface area contributed by atoms with E-state index in [0.29, 0.717) is 4.99 Å². The second kappa shape index (κ2) is 4.46. The van der Waals surface area contributed by atoms with Gasteiger partial charge in [-0.2, -0.15) is 0 Å². The molecule has 0 aliphatic heterocycles. The molecule has 15 heavy (non-hydrogen) atoms. The number of rotatable bonds is 2. The summed E-state index contributed by atoms with van der Waals surface area (Å²) in [7, 11) is 0. The molecule has 2 aromatic rings. The second-order valence-corrected chi connectivity index (χ2v) is 4.54. The maximum Gasteiger partial charge on any atom is 0.210 e. The summed E-state index contributed by atoms with van der Waals surface area (Å²) < 4.78 is 0. The van der Waals surface area contributed by atoms with Crippen LogP contribution in [0.25, 0.3) is 0 Å². The van der Waals surface area contributed by atoms with Crippen molar-refractivity contribution in [1.82, 2.24) is 10.2 Å². The zero-order chi connectivity index (χ0) is 10.7. The summed E-state index contributed by atoms with van der Waals surface area (Å²) in [5.41, 5.74) is 0.986. The van der Waals surface area contributed by atoms with E-state index in [1.54, 1.807) is 0 Å². The smallest absolute Gasteiger partial charge is 0.210 e. The molecule has 1 aromatic heterocycles. The summed E-state index contributed by atoms with van der Waals surface area (Å²) >= 11 is 6.73. The molecular weight excluding hydrogens is 226 g/mol. The normalized spacial score (nSPS) is 9.93. The van der Waals surface area contributed by atoms with E-state index in [-0.39, 0.29) is 0 Å². The summed E-state index contributed by atoms with van der Waals surface area (Å²) in [6, 6.07) is 9.79. The van der Waals surface area contributed by atoms with Crippen LogP contribution in [0.5, 0.6) is 0 Å². The van der Waals surface area contributed by atoms with E-state index in [0.717, 1.165) is 15.7 Å². The van der Waals surface area contributed by atoms with Crippen LogP contribution >= 0.6 is 23.6 Å². The average molecular weight is 235 g/mol. The molecule has 0 fully saturated rings. The van der Waals surface area contributed by atoms with Gasteiger partial charge in [0.15, 0.2) is 0 Å².